The molecule has 1 aromatic carbocycles. The SMILES string of the molecule is O[C@H]1CCC[C@@H]1NCc1ccccc1Cl. The molecule has 0 radical (unpaired) electrons. The lowest BCUT2D eigenvalue weighted by Crippen LogP contribution is -2.35. The number of aliphatic hydroxyl groups excluding tert-OH is 1. The van der Waals surface area contributed by atoms with Crippen LogP contribution in [0.4, 0.5) is 0 Å². The summed E-state index contributed by atoms with van der Waals surface area (Å²) in [5, 5.41) is 13.8. The van der Waals surface area contributed by atoms with Crippen LogP contribution < -0.4 is 5.32 Å². The summed E-state index contributed by atoms with van der Waals surface area (Å²) in [4.78, 5) is 0. The summed E-state index contributed by atoms with van der Waals surface area (Å²) in [5.74, 6) is 0. The van der Waals surface area contributed by atoms with Gasteiger partial charge < -0.3 is 10.4 Å². The van der Waals surface area contributed by atoms with Gasteiger partial charge in [0, 0.05) is 17.6 Å². The molecule has 15 heavy (non-hydrogen) atoms. The van der Waals surface area contributed by atoms with Gasteiger partial charge in [-0.3, -0.25) is 0 Å². The van der Waals surface area contributed by atoms with Crippen molar-refractivity contribution in [1.82, 2.24) is 5.32 Å². The summed E-state index contributed by atoms with van der Waals surface area (Å²) in [6, 6.07) is 8.05. The predicted molar refractivity (Wildman–Crippen MR) is 61.9 cm³/mol. The lowest BCUT2D eigenvalue weighted by atomic mass is 10.2. The van der Waals surface area contributed by atoms with E-state index in [1.165, 1.54) is 0 Å². The molecule has 2 atom stereocenters. The maximum absolute atomic E-state index is 9.64. The zero-order valence-corrected chi connectivity index (χ0v) is 9.37. The largest absolute Gasteiger partial charge is 0.392 e. The lowest BCUT2D eigenvalue weighted by molar-refractivity contribution is 0.148. The van der Waals surface area contributed by atoms with Crippen molar-refractivity contribution in [2.45, 2.75) is 38.0 Å². The molecule has 1 aliphatic carbocycles. The Bertz CT molecular complexity index is 329. The highest BCUT2D eigenvalue weighted by Crippen LogP contribution is 2.20. The maximum Gasteiger partial charge on any atom is 0.0693 e. The predicted octanol–water partition coefficient (Wildman–Crippen LogP) is 2.34. The molecule has 1 fully saturated rings. The van der Waals surface area contributed by atoms with Crippen molar-refractivity contribution in [3.8, 4) is 0 Å². The highest BCUT2D eigenvalue weighted by Gasteiger charge is 2.24. The highest BCUT2D eigenvalue weighted by atomic mass is 35.5. The summed E-state index contributed by atoms with van der Waals surface area (Å²) in [6.07, 6.45) is 2.90. The number of hydrogen-bond donors (Lipinski definition) is 2. The molecule has 2 N–H and O–H groups in total. The zero-order chi connectivity index (χ0) is 10.7. The Labute approximate surface area is 95.3 Å². The topological polar surface area (TPSA) is 32.3 Å². The minimum absolute atomic E-state index is 0.188. The molecule has 82 valence electrons. The average molecular weight is 226 g/mol. The number of benzene rings is 1. The van der Waals surface area contributed by atoms with Crippen LogP contribution >= 0.6 is 11.6 Å². The smallest absolute Gasteiger partial charge is 0.0693 e. The van der Waals surface area contributed by atoms with E-state index in [0.29, 0.717) is 0 Å². The normalized spacial score (nSPS) is 25.7. The number of rotatable bonds is 3. The molecule has 0 heterocycles. The molecular formula is C12H16ClNO. The number of halogens is 1. The van der Waals surface area contributed by atoms with E-state index in [-0.39, 0.29) is 12.1 Å². The number of hydrogen-bond acceptors (Lipinski definition) is 2. The van der Waals surface area contributed by atoms with Crippen molar-refractivity contribution in [1.29, 1.82) is 0 Å². The average Bonchev–Trinajstić information content (AvgIpc) is 2.63. The van der Waals surface area contributed by atoms with E-state index in [1.54, 1.807) is 0 Å². The first-order valence-corrected chi connectivity index (χ1v) is 5.80. The fourth-order valence-corrected chi connectivity index (χ4v) is 2.26. The highest BCUT2D eigenvalue weighted by molar-refractivity contribution is 6.31. The quantitative estimate of drug-likeness (QED) is 0.828. The van der Waals surface area contributed by atoms with E-state index >= 15 is 0 Å². The van der Waals surface area contributed by atoms with Gasteiger partial charge >= 0.3 is 0 Å². The Balaban J connectivity index is 1.90. The molecule has 0 amide bonds. The molecule has 3 heteroatoms. The molecule has 0 saturated heterocycles. The van der Waals surface area contributed by atoms with Crippen molar-refractivity contribution < 1.29 is 5.11 Å². The van der Waals surface area contributed by atoms with Crippen molar-refractivity contribution in [2.24, 2.45) is 0 Å². The fourth-order valence-electron chi connectivity index (χ4n) is 2.06. The van der Waals surface area contributed by atoms with E-state index in [2.05, 4.69) is 5.32 Å². The monoisotopic (exact) mass is 225 g/mol. The summed E-state index contributed by atoms with van der Waals surface area (Å²) in [6.45, 7) is 0.738. The van der Waals surface area contributed by atoms with Crippen molar-refractivity contribution >= 4 is 11.6 Å². The Morgan fingerprint density at radius 1 is 1.33 bits per heavy atom. The molecular weight excluding hydrogens is 210 g/mol. The van der Waals surface area contributed by atoms with Crippen LogP contribution in [0, 0.1) is 0 Å². The third-order valence-corrected chi connectivity index (χ3v) is 3.36. The van der Waals surface area contributed by atoms with Crippen molar-refractivity contribution in [3.05, 3.63) is 34.9 Å². The van der Waals surface area contributed by atoms with Gasteiger partial charge in [0.15, 0.2) is 0 Å². The third-order valence-electron chi connectivity index (χ3n) is 2.99. The van der Waals surface area contributed by atoms with Gasteiger partial charge in [-0.25, -0.2) is 0 Å². The summed E-state index contributed by atoms with van der Waals surface area (Å²) in [7, 11) is 0. The van der Waals surface area contributed by atoms with Gasteiger partial charge in [0.2, 0.25) is 0 Å². The number of nitrogens with one attached hydrogen (secondary N) is 1. The Morgan fingerprint density at radius 3 is 2.80 bits per heavy atom. The van der Waals surface area contributed by atoms with Crippen LogP contribution in [-0.4, -0.2) is 17.3 Å². The summed E-state index contributed by atoms with van der Waals surface area (Å²) < 4.78 is 0. The molecule has 0 aromatic heterocycles. The lowest BCUT2D eigenvalue weighted by Gasteiger charge is -2.16. The van der Waals surface area contributed by atoms with Gasteiger partial charge in [-0.1, -0.05) is 29.8 Å². The first-order chi connectivity index (χ1) is 7.27. The van der Waals surface area contributed by atoms with Crippen LogP contribution in [0.25, 0.3) is 0 Å². The Morgan fingerprint density at radius 2 is 2.13 bits per heavy atom. The maximum atomic E-state index is 9.64. The molecule has 0 spiro atoms. The van der Waals surface area contributed by atoms with Crippen molar-refractivity contribution in [2.75, 3.05) is 0 Å². The summed E-state index contributed by atoms with van der Waals surface area (Å²) >= 11 is 6.04. The van der Waals surface area contributed by atoms with Crippen LogP contribution in [0.3, 0.4) is 0 Å². The molecule has 1 saturated carbocycles. The zero-order valence-electron chi connectivity index (χ0n) is 8.62. The van der Waals surface area contributed by atoms with E-state index in [1.807, 2.05) is 24.3 Å². The molecule has 2 rings (SSSR count). The van der Waals surface area contributed by atoms with E-state index in [9.17, 15) is 5.11 Å². The molecule has 1 aliphatic rings. The first-order valence-electron chi connectivity index (χ1n) is 5.42. The molecule has 0 bridgehead atoms. The van der Waals surface area contributed by atoms with Gasteiger partial charge in [0.1, 0.15) is 0 Å². The standard InChI is InChI=1S/C12H16ClNO/c13-10-5-2-1-4-9(10)8-14-11-6-3-7-12(11)15/h1-2,4-5,11-12,14-15H,3,6-8H2/t11-,12-/m0/s1. The van der Waals surface area contributed by atoms with E-state index in [4.69, 9.17) is 11.6 Å². The first kappa shape index (κ1) is 10.9. The second-order valence-corrected chi connectivity index (χ2v) is 4.48. The van der Waals surface area contributed by atoms with Gasteiger partial charge in [0.25, 0.3) is 0 Å². The molecule has 0 aliphatic heterocycles. The van der Waals surface area contributed by atoms with Crippen molar-refractivity contribution in [3.63, 3.8) is 0 Å². The second-order valence-electron chi connectivity index (χ2n) is 4.08. The van der Waals surface area contributed by atoms with Gasteiger partial charge in [0.05, 0.1) is 6.10 Å². The Kier molecular flexibility index (Phi) is 3.62. The fraction of sp³-hybridized carbons (Fsp3) is 0.500. The number of aliphatic hydroxyl groups is 1. The third kappa shape index (κ3) is 2.71. The molecule has 1 aromatic rings. The van der Waals surface area contributed by atoms with Crippen LogP contribution in [0.2, 0.25) is 5.02 Å². The molecule has 2 nitrogen and oxygen atoms in total. The Hall–Kier alpha value is -0.570. The summed E-state index contributed by atoms with van der Waals surface area (Å²) in [5.41, 5.74) is 1.10. The van der Waals surface area contributed by atoms with Crippen LogP contribution in [0.5, 0.6) is 0 Å². The van der Waals surface area contributed by atoms with E-state index in [0.717, 1.165) is 36.4 Å². The molecule has 0 unspecified atom stereocenters. The van der Waals surface area contributed by atoms with E-state index < -0.39 is 0 Å². The van der Waals surface area contributed by atoms with Gasteiger partial charge in [-0.2, -0.15) is 0 Å². The van der Waals surface area contributed by atoms with Gasteiger partial charge in [-0.05, 0) is 30.9 Å². The van der Waals surface area contributed by atoms with Crippen LogP contribution in [0.15, 0.2) is 24.3 Å². The van der Waals surface area contributed by atoms with Crippen LogP contribution in [0.1, 0.15) is 24.8 Å². The van der Waals surface area contributed by atoms with Gasteiger partial charge in [-0.15, -0.1) is 0 Å². The second kappa shape index (κ2) is 4.97. The minimum atomic E-state index is -0.188. The van der Waals surface area contributed by atoms with Crippen LogP contribution in [-0.2, 0) is 6.54 Å². The minimum Gasteiger partial charge on any atom is -0.392 e.